The molecular weight excluding hydrogens is 173 g/mol. The van der Waals surface area contributed by atoms with Gasteiger partial charge in [-0.3, -0.25) is 4.79 Å². The molecule has 0 aliphatic heterocycles. The Morgan fingerprint density at radius 3 is 2.33 bits per heavy atom. The van der Waals surface area contributed by atoms with Gasteiger partial charge in [0.2, 0.25) is 5.82 Å². The molecule has 0 unspecified atom stereocenters. The maximum atomic E-state index is 12.5. The number of carbonyl (C=O) groups excluding carboxylic acids is 1. The molecule has 0 aliphatic carbocycles. The molecular formula is C7H3F3O2. The zero-order valence-electron chi connectivity index (χ0n) is 5.64. The highest BCUT2D eigenvalue weighted by molar-refractivity contribution is 5.79. The average Bonchev–Trinajstić information content (AvgIpc) is 2.01. The van der Waals surface area contributed by atoms with Gasteiger partial charge in [-0.25, -0.2) is 8.78 Å². The molecule has 12 heavy (non-hydrogen) atoms. The van der Waals surface area contributed by atoms with Gasteiger partial charge in [-0.1, -0.05) is 0 Å². The van der Waals surface area contributed by atoms with Crippen molar-refractivity contribution in [2.45, 2.75) is 0 Å². The standard InChI is InChI=1S/C7H3F3O2/c8-4-1-5(9)6(10)7(12)3(4)2-11/h1-2,12H. The molecule has 0 fully saturated rings. The minimum absolute atomic E-state index is 0.0901. The van der Waals surface area contributed by atoms with Crippen molar-refractivity contribution < 1.29 is 23.1 Å². The predicted molar refractivity (Wildman–Crippen MR) is 33.4 cm³/mol. The van der Waals surface area contributed by atoms with Crippen LogP contribution in [0.1, 0.15) is 10.4 Å². The predicted octanol–water partition coefficient (Wildman–Crippen LogP) is 1.62. The van der Waals surface area contributed by atoms with Gasteiger partial charge in [0.1, 0.15) is 5.82 Å². The summed E-state index contributed by atoms with van der Waals surface area (Å²) in [6, 6.07) is 0.193. The first-order valence-electron chi connectivity index (χ1n) is 2.89. The van der Waals surface area contributed by atoms with Gasteiger partial charge in [0.05, 0.1) is 5.56 Å². The molecule has 1 N–H and O–H groups in total. The smallest absolute Gasteiger partial charge is 0.201 e. The third-order valence-electron chi connectivity index (χ3n) is 1.30. The van der Waals surface area contributed by atoms with Crippen molar-refractivity contribution in [3.05, 3.63) is 29.1 Å². The Morgan fingerprint density at radius 1 is 1.25 bits per heavy atom. The minimum atomic E-state index is -1.63. The van der Waals surface area contributed by atoms with Crippen molar-refractivity contribution in [1.29, 1.82) is 0 Å². The maximum Gasteiger partial charge on any atom is 0.201 e. The second-order valence-electron chi connectivity index (χ2n) is 2.03. The number of aromatic hydroxyl groups is 1. The molecule has 0 saturated heterocycles. The monoisotopic (exact) mass is 176 g/mol. The van der Waals surface area contributed by atoms with Gasteiger partial charge in [0.15, 0.2) is 17.9 Å². The van der Waals surface area contributed by atoms with E-state index < -0.39 is 28.8 Å². The Morgan fingerprint density at radius 2 is 1.83 bits per heavy atom. The summed E-state index contributed by atoms with van der Waals surface area (Å²) in [6.07, 6.45) is -0.0901. The van der Waals surface area contributed by atoms with Gasteiger partial charge in [-0.15, -0.1) is 0 Å². The molecule has 0 amide bonds. The Kier molecular flexibility index (Phi) is 2.03. The number of carbonyl (C=O) groups is 1. The Balaban J connectivity index is 3.51. The van der Waals surface area contributed by atoms with E-state index in [1.54, 1.807) is 0 Å². The lowest BCUT2D eigenvalue weighted by atomic mass is 10.2. The third kappa shape index (κ3) is 1.13. The van der Waals surface area contributed by atoms with Gasteiger partial charge in [0, 0.05) is 6.07 Å². The molecule has 1 aromatic carbocycles. The van der Waals surface area contributed by atoms with Crippen molar-refractivity contribution in [1.82, 2.24) is 0 Å². The Labute approximate surface area is 65.2 Å². The summed E-state index contributed by atoms with van der Waals surface area (Å²) in [4.78, 5) is 10.0. The minimum Gasteiger partial charge on any atom is -0.504 e. The second kappa shape index (κ2) is 2.84. The molecule has 0 aliphatic rings. The van der Waals surface area contributed by atoms with Crippen molar-refractivity contribution in [2.24, 2.45) is 0 Å². The zero-order chi connectivity index (χ0) is 9.30. The highest BCUT2D eigenvalue weighted by Gasteiger charge is 2.16. The van der Waals surface area contributed by atoms with Crippen LogP contribution in [0, 0.1) is 17.5 Å². The zero-order valence-corrected chi connectivity index (χ0v) is 5.64. The lowest BCUT2D eigenvalue weighted by Crippen LogP contribution is -1.95. The molecule has 0 aromatic heterocycles. The summed E-state index contributed by atoms with van der Waals surface area (Å²) in [5.41, 5.74) is -0.881. The lowest BCUT2D eigenvalue weighted by Gasteiger charge is -2.00. The van der Waals surface area contributed by atoms with E-state index in [4.69, 9.17) is 5.11 Å². The van der Waals surface area contributed by atoms with E-state index in [-0.39, 0.29) is 12.4 Å². The van der Waals surface area contributed by atoms with Crippen LogP contribution in [0.5, 0.6) is 5.75 Å². The van der Waals surface area contributed by atoms with Crippen molar-refractivity contribution in [2.75, 3.05) is 0 Å². The molecule has 5 heteroatoms. The SMILES string of the molecule is O=Cc1c(F)cc(F)c(F)c1O. The second-order valence-corrected chi connectivity index (χ2v) is 2.03. The number of rotatable bonds is 1. The van der Waals surface area contributed by atoms with Crippen LogP contribution in [0.4, 0.5) is 13.2 Å². The molecule has 0 bridgehead atoms. The molecule has 0 spiro atoms. The van der Waals surface area contributed by atoms with E-state index in [1.165, 1.54) is 0 Å². The number of phenols is 1. The molecule has 0 saturated carbocycles. The molecule has 0 radical (unpaired) electrons. The van der Waals surface area contributed by atoms with Crippen LogP contribution in [0.3, 0.4) is 0 Å². The molecule has 1 rings (SSSR count). The van der Waals surface area contributed by atoms with Gasteiger partial charge in [-0.2, -0.15) is 4.39 Å². The molecule has 64 valence electrons. The van der Waals surface area contributed by atoms with Crippen LogP contribution in [-0.4, -0.2) is 11.4 Å². The first kappa shape index (κ1) is 8.58. The fourth-order valence-corrected chi connectivity index (χ4v) is 0.709. The topological polar surface area (TPSA) is 37.3 Å². The van der Waals surface area contributed by atoms with Crippen LogP contribution in [-0.2, 0) is 0 Å². The van der Waals surface area contributed by atoms with Crippen molar-refractivity contribution >= 4 is 6.29 Å². The number of aldehydes is 1. The summed E-state index contributed by atoms with van der Waals surface area (Å²) >= 11 is 0. The number of benzene rings is 1. The van der Waals surface area contributed by atoms with E-state index >= 15 is 0 Å². The fourth-order valence-electron chi connectivity index (χ4n) is 0.709. The molecule has 1 aromatic rings. The van der Waals surface area contributed by atoms with E-state index in [1.807, 2.05) is 0 Å². The molecule has 0 heterocycles. The Bertz CT molecular complexity index is 336. The highest BCUT2D eigenvalue weighted by atomic mass is 19.2. The number of hydrogen-bond donors (Lipinski definition) is 1. The van der Waals surface area contributed by atoms with Crippen LogP contribution >= 0.6 is 0 Å². The summed E-state index contributed by atoms with van der Waals surface area (Å²) in [5.74, 6) is -5.75. The number of halogens is 3. The van der Waals surface area contributed by atoms with Gasteiger partial charge in [-0.05, 0) is 0 Å². The molecule has 2 nitrogen and oxygen atoms in total. The van der Waals surface area contributed by atoms with Gasteiger partial charge in [0.25, 0.3) is 0 Å². The van der Waals surface area contributed by atoms with E-state index in [2.05, 4.69) is 0 Å². The van der Waals surface area contributed by atoms with Crippen LogP contribution in [0.2, 0.25) is 0 Å². The normalized spacial score (nSPS) is 9.92. The lowest BCUT2D eigenvalue weighted by molar-refractivity contribution is 0.111. The summed E-state index contributed by atoms with van der Waals surface area (Å²) < 4.78 is 37.2. The van der Waals surface area contributed by atoms with Gasteiger partial charge >= 0.3 is 0 Å². The fraction of sp³-hybridized carbons (Fsp3) is 0. The molecule has 0 atom stereocenters. The summed E-state index contributed by atoms with van der Waals surface area (Å²) in [6.45, 7) is 0. The Hall–Kier alpha value is -1.52. The maximum absolute atomic E-state index is 12.5. The summed E-state index contributed by atoms with van der Waals surface area (Å²) in [5, 5.41) is 8.67. The first-order chi connectivity index (χ1) is 5.57. The first-order valence-corrected chi connectivity index (χ1v) is 2.89. The highest BCUT2D eigenvalue weighted by Crippen LogP contribution is 2.24. The van der Waals surface area contributed by atoms with E-state index in [9.17, 15) is 18.0 Å². The average molecular weight is 176 g/mol. The summed E-state index contributed by atoms with van der Waals surface area (Å²) in [7, 11) is 0. The number of phenolic OH excluding ortho intramolecular Hbond substituents is 1. The largest absolute Gasteiger partial charge is 0.504 e. The van der Waals surface area contributed by atoms with Crippen LogP contribution in [0.15, 0.2) is 6.07 Å². The van der Waals surface area contributed by atoms with Crippen LogP contribution < -0.4 is 0 Å². The third-order valence-corrected chi connectivity index (χ3v) is 1.30. The van der Waals surface area contributed by atoms with E-state index in [0.717, 1.165) is 0 Å². The quantitative estimate of drug-likeness (QED) is 0.521. The van der Waals surface area contributed by atoms with Gasteiger partial charge < -0.3 is 5.11 Å². The van der Waals surface area contributed by atoms with Crippen LogP contribution in [0.25, 0.3) is 0 Å². The van der Waals surface area contributed by atoms with Crippen molar-refractivity contribution in [3.8, 4) is 5.75 Å². The van der Waals surface area contributed by atoms with Crippen molar-refractivity contribution in [3.63, 3.8) is 0 Å². The van der Waals surface area contributed by atoms with E-state index in [0.29, 0.717) is 0 Å². The number of hydrogen-bond acceptors (Lipinski definition) is 2.